The number of nitrogens with zero attached hydrogens (tertiary/aromatic N) is 1. The van der Waals surface area contributed by atoms with Gasteiger partial charge in [-0.1, -0.05) is 19.0 Å². The fourth-order valence-corrected chi connectivity index (χ4v) is 1.75. The molecule has 1 heterocycles. The van der Waals surface area contributed by atoms with Gasteiger partial charge in [0.1, 0.15) is 5.76 Å². The first-order valence-corrected chi connectivity index (χ1v) is 5.83. The second kappa shape index (κ2) is 3.97. The smallest absolute Gasteiger partial charge is 0.139 e. The molecule has 2 rings (SSSR count). The van der Waals surface area contributed by atoms with Crippen molar-refractivity contribution in [2.24, 2.45) is 5.73 Å². The molecule has 0 spiro atoms. The molecule has 0 unspecified atom stereocenters. The quantitative estimate of drug-likeness (QED) is 0.809. The molecule has 0 aromatic carbocycles. The first kappa shape index (κ1) is 10.7. The Kier molecular flexibility index (Phi) is 2.83. The van der Waals surface area contributed by atoms with Gasteiger partial charge in [0.05, 0.1) is 5.69 Å². The predicted molar refractivity (Wildman–Crippen MR) is 59.7 cm³/mol. The van der Waals surface area contributed by atoms with E-state index in [1.54, 1.807) is 0 Å². The molecule has 15 heavy (non-hydrogen) atoms. The number of aromatic nitrogens is 1. The maximum atomic E-state index is 6.02. The molecular weight excluding hydrogens is 188 g/mol. The minimum absolute atomic E-state index is 0.171. The molecule has 0 bridgehead atoms. The Labute approximate surface area is 91.0 Å². The van der Waals surface area contributed by atoms with E-state index in [0.717, 1.165) is 30.7 Å². The Morgan fingerprint density at radius 3 is 2.80 bits per heavy atom. The van der Waals surface area contributed by atoms with Crippen LogP contribution in [-0.4, -0.2) is 10.7 Å². The monoisotopic (exact) mass is 208 g/mol. The summed E-state index contributed by atoms with van der Waals surface area (Å²) in [6.45, 7) is 4.23. The molecule has 1 aliphatic rings. The van der Waals surface area contributed by atoms with E-state index in [0.29, 0.717) is 5.92 Å². The summed E-state index contributed by atoms with van der Waals surface area (Å²) in [5, 5.41) is 4.06. The average Bonchev–Trinajstić information content (AvgIpc) is 2.74. The highest BCUT2D eigenvalue weighted by Gasteiger charge is 2.37. The predicted octanol–water partition coefficient (Wildman–Crippen LogP) is 2.61. The van der Waals surface area contributed by atoms with E-state index in [1.807, 2.05) is 0 Å². The highest BCUT2D eigenvalue weighted by molar-refractivity contribution is 5.09. The lowest BCUT2D eigenvalue weighted by atomic mass is 10.1. The summed E-state index contributed by atoms with van der Waals surface area (Å²) in [5.41, 5.74) is 7.26. The number of hydrogen-bond acceptors (Lipinski definition) is 3. The van der Waals surface area contributed by atoms with Crippen molar-refractivity contribution in [3.8, 4) is 0 Å². The van der Waals surface area contributed by atoms with E-state index < -0.39 is 0 Å². The molecule has 0 amide bonds. The summed E-state index contributed by atoms with van der Waals surface area (Å²) in [7, 11) is 0. The van der Waals surface area contributed by atoms with Gasteiger partial charge in [-0.25, -0.2) is 0 Å². The van der Waals surface area contributed by atoms with Crippen LogP contribution in [0.3, 0.4) is 0 Å². The average molecular weight is 208 g/mol. The molecule has 1 aromatic heterocycles. The van der Waals surface area contributed by atoms with E-state index in [4.69, 9.17) is 10.3 Å². The lowest BCUT2D eigenvalue weighted by Crippen LogP contribution is -2.21. The fraction of sp³-hybridized carbons (Fsp3) is 0.750. The van der Waals surface area contributed by atoms with Crippen LogP contribution in [0.25, 0.3) is 0 Å². The van der Waals surface area contributed by atoms with Crippen molar-refractivity contribution in [1.82, 2.24) is 5.16 Å². The molecule has 0 radical (unpaired) electrons. The summed E-state index contributed by atoms with van der Waals surface area (Å²) < 4.78 is 5.24. The lowest BCUT2D eigenvalue weighted by molar-refractivity contribution is 0.364. The van der Waals surface area contributed by atoms with Gasteiger partial charge in [-0.15, -0.1) is 0 Å². The van der Waals surface area contributed by atoms with Crippen LogP contribution in [0.5, 0.6) is 0 Å². The molecule has 0 aliphatic heterocycles. The van der Waals surface area contributed by atoms with Crippen LogP contribution in [0.1, 0.15) is 56.9 Å². The van der Waals surface area contributed by atoms with Gasteiger partial charge in [0.25, 0.3) is 0 Å². The molecule has 0 saturated heterocycles. The number of rotatable bonds is 5. The third-order valence-corrected chi connectivity index (χ3v) is 3.15. The van der Waals surface area contributed by atoms with Crippen LogP contribution < -0.4 is 5.73 Å². The summed E-state index contributed by atoms with van der Waals surface area (Å²) in [6.07, 6.45) is 5.64. The highest BCUT2D eigenvalue weighted by atomic mass is 16.5. The third-order valence-electron chi connectivity index (χ3n) is 3.15. The van der Waals surface area contributed by atoms with Crippen molar-refractivity contribution in [3.05, 3.63) is 17.5 Å². The molecular formula is C12H20N2O. The van der Waals surface area contributed by atoms with Crippen LogP contribution in [0.4, 0.5) is 0 Å². The van der Waals surface area contributed by atoms with Crippen molar-refractivity contribution in [2.75, 3.05) is 0 Å². The largest absolute Gasteiger partial charge is 0.361 e. The Hall–Kier alpha value is -0.830. The molecule has 84 valence electrons. The molecule has 1 saturated carbocycles. The minimum atomic E-state index is 0.171. The van der Waals surface area contributed by atoms with Gasteiger partial charge in [0, 0.05) is 17.5 Å². The van der Waals surface area contributed by atoms with Crippen LogP contribution >= 0.6 is 0 Å². The van der Waals surface area contributed by atoms with Gasteiger partial charge in [-0.3, -0.25) is 0 Å². The molecule has 2 N–H and O–H groups in total. The molecule has 3 nitrogen and oxygen atoms in total. The van der Waals surface area contributed by atoms with Gasteiger partial charge >= 0.3 is 0 Å². The number of hydrogen-bond donors (Lipinski definition) is 1. The summed E-state index contributed by atoms with van der Waals surface area (Å²) in [6, 6.07) is 2.07. The van der Waals surface area contributed by atoms with Gasteiger partial charge in [-0.05, 0) is 32.1 Å². The van der Waals surface area contributed by atoms with Crippen molar-refractivity contribution in [1.29, 1.82) is 0 Å². The summed E-state index contributed by atoms with van der Waals surface area (Å²) in [5.74, 6) is 1.41. The minimum Gasteiger partial charge on any atom is -0.361 e. The van der Waals surface area contributed by atoms with Crippen LogP contribution in [0.15, 0.2) is 10.6 Å². The van der Waals surface area contributed by atoms with E-state index in [1.165, 1.54) is 12.8 Å². The molecule has 3 heteroatoms. The zero-order valence-electron chi connectivity index (χ0n) is 9.62. The number of aryl methyl sites for hydroxylation is 1. The normalized spacial score (nSPS) is 18.4. The second-order valence-electron chi connectivity index (χ2n) is 5.09. The van der Waals surface area contributed by atoms with Gasteiger partial charge in [0.15, 0.2) is 0 Å². The first-order valence-electron chi connectivity index (χ1n) is 5.83. The second-order valence-corrected chi connectivity index (χ2v) is 5.09. The molecule has 1 aromatic rings. The Morgan fingerprint density at radius 2 is 2.27 bits per heavy atom. The highest BCUT2D eigenvalue weighted by Crippen LogP contribution is 2.36. The van der Waals surface area contributed by atoms with Crippen molar-refractivity contribution >= 4 is 0 Å². The van der Waals surface area contributed by atoms with Crippen LogP contribution in [-0.2, 0) is 6.42 Å². The van der Waals surface area contributed by atoms with Gasteiger partial charge in [0.2, 0.25) is 0 Å². The lowest BCUT2D eigenvalue weighted by Gasteiger charge is -2.05. The SMILES string of the molecule is CC(C)c1cc(CCCC2(N)CC2)no1. The van der Waals surface area contributed by atoms with E-state index in [-0.39, 0.29) is 5.54 Å². The Balaban J connectivity index is 1.78. The third kappa shape index (κ3) is 2.81. The van der Waals surface area contributed by atoms with Crippen LogP contribution in [0, 0.1) is 0 Å². The summed E-state index contributed by atoms with van der Waals surface area (Å²) in [4.78, 5) is 0. The van der Waals surface area contributed by atoms with Crippen molar-refractivity contribution in [2.45, 2.75) is 57.4 Å². The van der Waals surface area contributed by atoms with Crippen LogP contribution in [0.2, 0.25) is 0 Å². The zero-order chi connectivity index (χ0) is 10.9. The van der Waals surface area contributed by atoms with E-state index >= 15 is 0 Å². The van der Waals surface area contributed by atoms with Crippen molar-refractivity contribution < 1.29 is 4.52 Å². The topological polar surface area (TPSA) is 52.0 Å². The van der Waals surface area contributed by atoms with Crippen molar-refractivity contribution in [3.63, 3.8) is 0 Å². The molecule has 1 aliphatic carbocycles. The maximum Gasteiger partial charge on any atom is 0.139 e. The summed E-state index contributed by atoms with van der Waals surface area (Å²) >= 11 is 0. The van der Waals surface area contributed by atoms with E-state index in [2.05, 4.69) is 25.1 Å². The Bertz CT molecular complexity index is 326. The zero-order valence-corrected chi connectivity index (χ0v) is 9.62. The fourth-order valence-electron chi connectivity index (χ4n) is 1.75. The standard InChI is InChI=1S/C12H20N2O/c1-9(2)11-8-10(14-15-11)4-3-5-12(13)6-7-12/h8-9H,3-7,13H2,1-2H3. The molecule has 0 atom stereocenters. The first-order chi connectivity index (χ1) is 7.09. The van der Waals surface area contributed by atoms with Gasteiger partial charge in [-0.2, -0.15) is 0 Å². The Morgan fingerprint density at radius 1 is 1.53 bits per heavy atom. The van der Waals surface area contributed by atoms with E-state index in [9.17, 15) is 0 Å². The maximum absolute atomic E-state index is 6.02. The van der Waals surface area contributed by atoms with Gasteiger partial charge < -0.3 is 10.3 Å². The number of nitrogens with two attached hydrogens (primary N) is 1. The molecule has 1 fully saturated rings.